The molecular weight excluding hydrogens is 402 g/mol. The minimum Gasteiger partial charge on any atom is -0.362 e. The van der Waals surface area contributed by atoms with E-state index < -0.39 is 0 Å². The lowest BCUT2D eigenvalue weighted by Gasteiger charge is -2.13. The van der Waals surface area contributed by atoms with Crippen molar-refractivity contribution in [1.29, 1.82) is 0 Å². The molecule has 4 aromatic heterocycles. The van der Waals surface area contributed by atoms with Crippen molar-refractivity contribution < 1.29 is 4.79 Å². The monoisotopic (exact) mass is 423 g/mol. The lowest BCUT2D eigenvalue weighted by atomic mass is 10.1. The van der Waals surface area contributed by atoms with Gasteiger partial charge in [0.1, 0.15) is 17.0 Å². The highest BCUT2D eigenvalue weighted by Gasteiger charge is 2.20. The summed E-state index contributed by atoms with van der Waals surface area (Å²) in [6.07, 6.45) is 5.84. The number of anilines is 1. The van der Waals surface area contributed by atoms with Crippen molar-refractivity contribution in [1.82, 2.24) is 20.3 Å². The van der Waals surface area contributed by atoms with Gasteiger partial charge in [-0.05, 0) is 55.0 Å². The number of nitrogens with zero attached hydrogens (tertiary/aromatic N) is 3. The van der Waals surface area contributed by atoms with Crippen molar-refractivity contribution in [2.45, 2.75) is 26.3 Å². The molecule has 0 spiro atoms. The van der Waals surface area contributed by atoms with E-state index >= 15 is 0 Å². The van der Waals surface area contributed by atoms with Crippen LogP contribution >= 0.6 is 22.7 Å². The molecule has 4 aromatic rings. The van der Waals surface area contributed by atoms with E-state index in [1.165, 1.54) is 16.2 Å². The number of carbonyl (C=O) groups is 1. The molecule has 148 valence electrons. The summed E-state index contributed by atoms with van der Waals surface area (Å²) in [6.45, 7) is 4.64. The molecule has 4 heterocycles. The molecule has 4 rings (SSSR count). The van der Waals surface area contributed by atoms with Crippen LogP contribution in [0.1, 0.15) is 38.6 Å². The molecule has 6 nitrogen and oxygen atoms in total. The summed E-state index contributed by atoms with van der Waals surface area (Å²) in [5, 5.41) is 9.47. The molecule has 0 bridgehead atoms. The summed E-state index contributed by atoms with van der Waals surface area (Å²) in [5.74, 6) is 0.692. The molecule has 0 aliphatic carbocycles. The van der Waals surface area contributed by atoms with E-state index in [1.807, 2.05) is 25.1 Å². The fraction of sp³-hybridized carbons (Fsp3) is 0.238. The first-order valence-electron chi connectivity index (χ1n) is 9.34. The molecule has 0 aliphatic heterocycles. The van der Waals surface area contributed by atoms with Crippen molar-refractivity contribution in [2.75, 3.05) is 11.9 Å². The van der Waals surface area contributed by atoms with Crippen LogP contribution in [0.2, 0.25) is 0 Å². The maximum atomic E-state index is 12.8. The van der Waals surface area contributed by atoms with Gasteiger partial charge in [0.25, 0.3) is 5.91 Å². The molecular formula is C21H21N5OS2. The molecule has 0 aliphatic rings. The molecule has 0 saturated carbocycles. The smallest absolute Gasteiger partial charge is 0.261 e. The van der Waals surface area contributed by atoms with Gasteiger partial charge in [-0.25, -0.2) is 9.97 Å². The summed E-state index contributed by atoms with van der Waals surface area (Å²) in [6, 6.07) is 8.18. The SMILES string of the molecule is Cc1c(C(=O)NCCc2ccncc2)sc2ncnc(NC(C)c3cccs3)c12. The van der Waals surface area contributed by atoms with Gasteiger partial charge in [-0.1, -0.05) is 6.07 Å². The molecule has 0 radical (unpaired) electrons. The Morgan fingerprint density at radius 2 is 2.03 bits per heavy atom. The number of hydrogen-bond donors (Lipinski definition) is 2. The topological polar surface area (TPSA) is 79.8 Å². The van der Waals surface area contributed by atoms with E-state index in [4.69, 9.17) is 0 Å². The first-order chi connectivity index (χ1) is 14.1. The highest BCUT2D eigenvalue weighted by atomic mass is 32.1. The minimum absolute atomic E-state index is 0.0724. The van der Waals surface area contributed by atoms with E-state index in [0.29, 0.717) is 11.4 Å². The summed E-state index contributed by atoms with van der Waals surface area (Å²) in [4.78, 5) is 28.3. The van der Waals surface area contributed by atoms with Gasteiger partial charge < -0.3 is 10.6 Å². The first-order valence-corrected chi connectivity index (χ1v) is 11.0. The Bertz CT molecular complexity index is 1110. The normalized spacial score (nSPS) is 12.1. The number of fused-ring (bicyclic) bond motifs is 1. The average molecular weight is 424 g/mol. The quantitative estimate of drug-likeness (QED) is 0.454. The summed E-state index contributed by atoms with van der Waals surface area (Å²) >= 11 is 3.11. The number of thiophene rings is 2. The number of amides is 1. The predicted octanol–water partition coefficient (Wildman–Crippen LogP) is 4.60. The zero-order valence-corrected chi connectivity index (χ0v) is 17.8. The molecule has 1 unspecified atom stereocenters. The van der Waals surface area contributed by atoms with Crippen LogP contribution in [0.3, 0.4) is 0 Å². The number of rotatable bonds is 7. The van der Waals surface area contributed by atoms with Crippen molar-refractivity contribution in [3.63, 3.8) is 0 Å². The Kier molecular flexibility index (Phi) is 5.82. The second kappa shape index (κ2) is 8.67. The molecule has 1 atom stereocenters. The van der Waals surface area contributed by atoms with E-state index in [-0.39, 0.29) is 11.9 Å². The summed E-state index contributed by atoms with van der Waals surface area (Å²) in [5.41, 5.74) is 2.06. The average Bonchev–Trinajstić information content (AvgIpc) is 3.38. The Balaban J connectivity index is 1.51. The van der Waals surface area contributed by atoms with Crippen LogP contribution in [-0.2, 0) is 6.42 Å². The van der Waals surface area contributed by atoms with Gasteiger partial charge in [0.15, 0.2) is 0 Å². The first kappa shape index (κ1) is 19.5. The lowest BCUT2D eigenvalue weighted by Crippen LogP contribution is -2.25. The number of aromatic nitrogens is 3. The Hall–Kier alpha value is -2.84. The van der Waals surface area contributed by atoms with Gasteiger partial charge in [0.05, 0.1) is 16.3 Å². The standard InChI is InChI=1S/C21H21N5OS2/c1-13-17-19(26-14(2)16-4-3-11-28-16)24-12-25-21(17)29-18(13)20(27)23-10-7-15-5-8-22-9-6-15/h3-6,8-9,11-12,14H,7,10H2,1-2H3,(H,23,27)(H,24,25,26). The molecule has 2 N–H and O–H groups in total. The van der Waals surface area contributed by atoms with Crippen LogP contribution in [-0.4, -0.2) is 27.4 Å². The third-order valence-electron chi connectivity index (χ3n) is 4.70. The van der Waals surface area contributed by atoms with E-state index in [0.717, 1.165) is 33.6 Å². The predicted molar refractivity (Wildman–Crippen MR) is 119 cm³/mol. The van der Waals surface area contributed by atoms with Crippen molar-refractivity contribution in [3.05, 3.63) is 69.2 Å². The van der Waals surface area contributed by atoms with Crippen molar-refractivity contribution in [3.8, 4) is 0 Å². The second-order valence-corrected chi connectivity index (χ2v) is 8.68. The highest BCUT2D eigenvalue weighted by Crippen LogP contribution is 2.35. The van der Waals surface area contributed by atoms with Crippen LogP contribution in [0.4, 0.5) is 5.82 Å². The van der Waals surface area contributed by atoms with Crippen LogP contribution < -0.4 is 10.6 Å². The van der Waals surface area contributed by atoms with Crippen LogP contribution in [0, 0.1) is 6.92 Å². The Morgan fingerprint density at radius 1 is 1.21 bits per heavy atom. The number of hydrogen-bond acceptors (Lipinski definition) is 7. The fourth-order valence-electron chi connectivity index (χ4n) is 3.16. The lowest BCUT2D eigenvalue weighted by molar-refractivity contribution is 0.0957. The highest BCUT2D eigenvalue weighted by molar-refractivity contribution is 7.20. The molecule has 1 amide bonds. The van der Waals surface area contributed by atoms with Gasteiger partial charge in [0, 0.05) is 23.8 Å². The minimum atomic E-state index is -0.0724. The Morgan fingerprint density at radius 3 is 2.79 bits per heavy atom. The van der Waals surface area contributed by atoms with Crippen LogP contribution in [0.5, 0.6) is 0 Å². The molecule has 0 saturated heterocycles. The van der Waals surface area contributed by atoms with Gasteiger partial charge in [0.2, 0.25) is 0 Å². The Labute approximate surface area is 177 Å². The number of aryl methyl sites for hydroxylation is 1. The number of carbonyl (C=O) groups excluding carboxylic acids is 1. The second-order valence-electron chi connectivity index (χ2n) is 6.70. The maximum Gasteiger partial charge on any atom is 0.261 e. The van der Waals surface area contributed by atoms with E-state index in [2.05, 4.69) is 44.0 Å². The number of pyridine rings is 1. The summed E-state index contributed by atoms with van der Waals surface area (Å²) in [7, 11) is 0. The largest absolute Gasteiger partial charge is 0.362 e. The molecule has 0 aromatic carbocycles. The zero-order chi connectivity index (χ0) is 20.2. The van der Waals surface area contributed by atoms with E-state index in [9.17, 15) is 4.79 Å². The third kappa shape index (κ3) is 4.28. The van der Waals surface area contributed by atoms with Crippen molar-refractivity contribution in [2.24, 2.45) is 0 Å². The van der Waals surface area contributed by atoms with Gasteiger partial charge in [-0.3, -0.25) is 9.78 Å². The molecule has 0 fully saturated rings. The van der Waals surface area contributed by atoms with Crippen LogP contribution in [0.15, 0.2) is 48.4 Å². The molecule has 8 heteroatoms. The molecule has 29 heavy (non-hydrogen) atoms. The zero-order valence-electron chi connectivity index (χ0n) is 16.2. The third-order valence-corrected chi connectivity index (χ3v) is 6.96. The van der Waals surface area contributed by atoms with Gasteiger partial charge in [-0.2, -0.15) is 0 Å². The van der Waals surface area contributed by atoms with Crippen LogP contribution in [0.25, 0.3) is 10.2 Å². The van der Waals surface area contributed by atoms with Gasteiger partial charge in [-0.15, -0.1) is 22.7 Å². The van der Waals surface area contributed by atoms with E-state index in [1.54, 1.807) is 30.1 Å². The van der Waals surface area contributed by atoms with Gasteiger partial charge >= 0.3 is 0 Å². The fourth-order valence-corrected chi connectivity index (χ4v) is 4.96. The number of nitrogens with one attached hydrogen (secondary N) is 2. The van der Waals surface area contributed by atoms with Crippen molar-refractivity contribution >= 4 is 44.6 Å². The summed E-state index contributed by atoms with van der Waals surface area (Å²) < 4.78 is 0. The maximum absolute atomic E-state index is 12.8.